The Balaban J connectivity index is 1.77. The Morgan fingerprint density at radius 2 is 1.81 bits per heavy atom. The van der Waals surface area contributed by atoms with Crippen molar-refractivity contribution in [3.8, 4) is 0 Å². The van der Waals surface area contributed by atoms with Gasteiger partial charge < -0.3 is 19.5 Å². The van der Waals surface area contributed by atoms with E-state index >= 15 is 0 Å². The molecule has 4 nitrogen and oxygen atoms in total. The third-order valence-electron chi connectivity index (χ3n) is 2.87. The fourth-order valence-electron chi connectivity index (χ4n) is 1.88. The number of nitrogens with one attached hydrogen (secondary N) is 1. The minimum Gasteiger partial charge on any atom is -0.382 e. The van der Waals surface area contributed by atoms with Crippen LogP contribution in [0.15, 0.2) is 0 Å². The third-order valence-corrected chi connectivity index (χ3v) is 2.87. The predicted molar refractivity (Wildman–Crippen MR) is 63.7 cm³/mol. The van der Waals surface area contributed by atoms with Gasteiger partial charge in [0.05, 0.1) is 26.4 Å². The summed E-state index contributed by atoms with van der Waals surface area (Å²) in [4.78, 5) is 0. The molecule has 1 heterocycles. The Labute approximate surface area is 98.6 Å². The van der Waals surface area contributed by atoms with Crippen molar-refractivity contribution >= 4 is 0 Å². The molecule has 4 heteroatoms. The quantitative estimate of drug-likeness (QED) is 0.602. The second-order valence-corrected chi connectivity index (χ2v) is 4.22. The zero-order chi connectivity index (χ0) is 11.5. The van der Waals surface area contributed by atoms with Crippen molar-refractivity contribution in [3.63, 3.8) is 0 Å². The van der Waals surface area contributed by atoms with Crippen LogP contribution < -0.4 is 5.32 Å². The fraction of sp³-hybridized carbons (Fsp3) is 1.00. The number of hydrogen-bond donors (Lipinski definition) is 1. The van der Waals surface area contributed by atoms with Gasteiger partial charge in [0, 0.05) is 13.7 Å². The van der Waals surface area contributed by atoms with E-state index < -0.39 is 0 Å². The van der Waals surface area contributed by atoms with Crippen LogP contribution in [0.1, 0.15) is 19.3 Å². The first kappa shape index (κ1) is 13.9. The van der Waals surface area contributed by atoms with Crippen LogP contribution in [-0.2, 0) is 14.2 Å². The van der Waals surface area contributed by atoms with Crippen molar-refractivity contribution in [1.29, 1.82) is 0 Å². The molecule has 1 unspecified atom stereocenters. The molecule has 0 amide bonds. The van der Waals surface area contributed by atoms with Crippen LogP contribution >= 0.6 is 0 Å². The van der Waals surface area contributed by atoms with Gasteiger partial charge in [0.2, 0.25) is 0 Å². The Hall–Kier alpha value is -0.160. The van der Waals surface area contributed by atoms with Crippen molar-refractivity contribution in [1.82, 2.24) is 5.32 Å². The van der Waals surface area contributed by atoms with E-state index in [1.807, 2.05) is 0 Å². The molecule has 1 atom stereocenters. The van der Waals surface area contributed by atoms with Crippen LogP contribution in [0, 0.1) is 5.92 Å². The zero-order valence-electron chi connectivity index (χ0n) is 10.4. The Morgan fingerprint density at radius 1 is 1.06 bits per heavy atom. The molecule has 1 N–H and O–H groups in total. The summed E-state index contributed by atoms with van der Waals surface area (Å²) in [6.07, 6.45) is 3.83. The van der Waals surface area contributed by atoms with Gasteiger partial charge in [0.15, 0.2) is 0 Å². The van der Waals surface area contributed by atoms with Gasteiger partial charge in [-0.25, -0.2) is 0 Å². The summed E-state index contributed by atoms with van der Waals surface area (Å²) in [5.74, 6) is 0.808. The smallest absolute Gasteiger partial charge is 0.0701 e. The van der Waals surface area contributed by atoms with Gasteiger partial charge in [0.25, 0.3) is 0 Å². The summed E-state index contributed by atoms with van der Waals surface area (Å²) in [7, 11) is 1.68. The first-order chi connectivity index (χ1) is 7.93. The number of piperidine rings is 1. The van der Waals surface area contributed by atoms with Crippen molar-refractivity contribution in [2.75, 3.05) is 53.2 Å². The van der Waals surface area contributed by atoms with Crippen LogP contribution in [-0.4, -0.2) is 53.2 Å². The van der Waals surface area contributed by atoms with Gasteiger partial charge in [-0.05, 0) is 38.3 Å². The Morgan fingerprint density at radius 3 is 2.50 bits per heavy atom. The molecule has 96 valence electrons. The van der Waals surface area contributed by atoms with Crippen LogP contribution in [0.25, 0.3) is 0 Å². The second kappa shape index (κ2) is 10.0. The molecular formula is C12H25NO3. The molecule has 0 bridgehead atoms. The standard InChI is InChI=1S/C12H25NO3/c1-14-7-8-16-10-9-15-6-4-12-3-2-5-13-11-12/h12-13H,2-11H2,1H3. The number of rotatable bonds is 9. The molecular weight excluding hydrogens is 206 g/mol. The van der Waals surface area contributed by atoms with Crippen molar-refractivity contribution in [3.05, 3.63) is 0 Å². The van der Waals surface area contributed by atoms with Gasteiger partial charge in [-0.1, -0.05) is 0 Å². The molecule has 1 aliphatic rings. The SMILES string of the molecule is COCCOCCOCCC1CCCNC1. The maximum Gasteiger partial charge on any atom is 0.0701 e. The van der Waals surface area contributed by atoms with Crippen molar-refractivity contribution in [2.45, 2.75) is 19.3 Å². The van der Waals surface area contributed by atoms with Crippen LogP contribution in [0.3, 0.4) is 0 Å². The molecule has 1 aliphatic heterocycles. The van der Waals surface area contributed by atoms with E-state index in [0.29, 0.717) is 26.4 Å². The highest BCUT2D eigenvalue weighted by atomic mass is 16.5. The lowest BCUT2D eigenvalue weighted by Gasteiger charge is -2.22. The van der Waals surface area contributed by atoms with Crippen LogP contribution in [0.5, 0.6) is 0 Å². The van der Waals surface area contributed by atoms with E-state index in [4.69, 9.17) is 14.2 Å². The molecule has 0 saturated carbocycles. The highest BCUT2D eigenvalue weighted by molar-refractivity contribution is 4.68. The summed E-state index contributed by atoms with van der Waals surface area (Å²) >= 11 is 0. The zero-order valence-corrected chi connectivity index (χ0v) is 10.4. The van der Waals surface area contributed by atoms with Crippen LogP contribution in [0.4, 0.5) is 0 Å². The van der Waals surface area contributed by atoms with Gasteiger partial charge in [-0.15, -0.1) is 0 Å². The van der Waals surface area contributed by atoms with E-state index in [1.165, 1.54) is 25.8 Å². The van der Waals surface area contributed by atoms with Gasteiger partial charge >= 0.3 is 0 Å². The highest BCUT2D eigenvalue weighted by Crippen LogP contribution is 2.13. The lowest BCUT2D eigenvalue weighted by Crippen LogP contribution is -2.30. The first-order valence-corrected chi connectivity index (χ1v) is 6.28. The van der Waals surface area contributed by atoms with E-state index in [9.17, 15) is 0 Å². The minimum absolute atomic E-state index is 0.659. The van der Waals surface area contributed by atoms with Crippen molar-refractivity contribution < 1.29 is 14.2 Å². The van der Waals surface area contributed by atoms with Crippen molar-refractivity contribution in [2.24, 2.45) is 5.92 Å². The molecule has 0 radical (unpaired) electrons. The number of ether oxygens (including phenoxy) is 3. The number of methoxy groups -OCH3 is 1. The first-order valence-electron chi connectivity index (χ1n) is 6.28. The summed E-state index contributed by atoms with van der Waals surface area (Å²) in [5.41, 5.74) is 0. The topological polar surface area (TPSA) is 39.7 Å². The summed E-state index contributed by atoms with van der Waals surface area (Å²) < 4.78 is 15.7. The molecule has 0 spiro atoms. The maximum atomic E-state index is 5.52. The average Bonchev–Trinajstić information content (AvgIpc) is 2.34. The minimum atomic E-state index is 0.659. The highest BCUT2D eigenvalue weighted by Gasteiger charge is 2.11. The summed E-state index contributed by atoms with van der Waals surface area (Å²) in [6.45, 7) is 5.90. The molecule has 0 aromatic rings. The largest absolute Gasteiger partial charge is 0.382 e. The van der Waals surface area contributed by atoms with Gasteiger partial charge in [-0.3, -0.25) is 0 Å². The van der Waals surface area contributed by atoms with Gasteiger partial charge in [0.1, 0.15) is 0 Å². The molecule has 0 aromatic heterocycles. The molecule has 0 aliphatic carbocycles. The van der Waals surface area contributed by atoms with E-state index in [0.717, 1.165) is 19.1 Å². The Kier molecular flexibility index (Phi) is 8.71. The number of hydrogen-bond acceptors (Lipinski definition) is 4. The molecule has 16 heavy (non-hydrogen) atoms. The predicted octanol–water partition coefficient (Wildman–Crippen LogP) is 1.06. The van der Waals surface area contributed by atoms with Gasteiger partial charge in [-0.2, -0.15) is 0 Å². The fourth-order valence-corrected chi connectivity index (χ4v) is 1.88. The monoisotopic (exact) mass is 231 g/mol. The molecule has 1 saturated heterocycles. The van der Waals surface area contributed by atoms with E-state index in [1.54, 1.807) is 7.11 Å². The average molecular weight is 231 g/mol. The normalized spacial score (nSPS) is 21.2. The summed E-state index contributed by atoms with van der Waals surface area (Å²) in [6, 6.07) is 0. The van der Waals surface area contributed by atoms with Crippen LogP contribution in [0.2, 0.25) is 0 Å². The summed E-state index contributed by atoms with van der Waals surface area (Å²) in [5, 5.41) is 3.42. The molecule has 1 fully saturated rings. The third kappa shape index (κ3) is 7.17. The lowest BCUT2D eigenvalue weighted by molar-refractivity contribution is 0.0212. The second-order valence-electron chi connectivity index (χ2n) is 4.22. The molecule has 1 rings (SSSR count). The lowest BCUT2D eigenvalue weighted by atomic mass is 9.97. The van der Waals surface area contributed by atoms with E-state index in [-0.39, 0.29) is 0 Å². The van der Waals surface area contributed by atoms with E-state index in [2.05, 4.69) is 5.32 Å². The Bertz CT molecular complexity index is 149. The maximum absolute atomic E-state index is 5.52. The molecule has 0 aromatic carbocycles.